The van der Waals surface area contributed by atoms with Crippen LogP contribution in [0.4, 0.5) is 4.79 Å². The second-order valence-electron chi connectivity index (χ2n) is 4.53. The lowest BCUT2D eigenvalue weighted by Crippen LogP contribution is -2.48. The van der Waals surface area contributed by atoms with E-state index in [0.717, 1.165) is 10.0 Å². The Balaban J connectivity index is 2.17. The molecular formula is C13H15N5O3S. The van der Waals surface area contributed by atoms with Crippen molar-refractivity contribution in [2.45, 2.75) is 6.42 Å². The van der Waals surface area contributed by atoms with E-state index in [1.165, 1.54) is 12.1 Å². The number of amides is 3. The normalized spacial score (nSPS) is 13.0. The van der Waals surface area contributed by atoms with Gasteiger partial charge in [-0.2, -0.15) is 5.01 Å². The zero-order valence-corrected chi connectivity index (χ0v) is 12.5. The summed E-state index contributed by atoms with van der Waals surface area (Å²) in [4.78, 5) is 40.0. The molecule has 1 heterocycles. The molecule has 2 rings (SSSR count). The lowest BCUT2D eigenvalue weighted by molar-refractivity contribution is 0.0228. The van der Waals surface area contributed by atoms with Gasteiger partial charge in [-0.1, -0.05) is 24.8 Å². The standard InChI is InChI=1S/C13H15N5O3S/c14-12(15)16-6-3-7-17(13(21)22)18-10(19)8-4-1-2-5-9(8)11(18)20/h1-2,4-5H,3,6-7H2,(H,21,22)(H4,14,15,16). The summed E-state index contributed by atoms with van der Waals surface area (Å²) in [7, 11) is 0. The molecule has 4 N–H and O–H groups in total. The minimum atomic E-state index is -0.709. The van der Waals surface area contributed by atoms with Crippen molar-refractivity contribution < 1.29 is 14.4 Å². The molecule has 1 aromatic rings. The number of benzene rings is 1. The van der Waals surface area contributed by atoms with E-state index < -0.39 is 17.1 Å². The van der Waals surface area contributed by atoms with Crippen molar-refractivity contribution in [2.75, 3.05) is 13.1 Å². The molecule has 0 aromatic heterocycles. The summed E-state index contributed by atoms with van der Waals surface area (Å²) in [5.74, 6) is -1.17. The fraction of sp³-hybridized carbons (Fsp3) is 0.231. The van der Waals surface area contributed by atoms with E-state index >= 15 is 0 Å². The molecule has 8 nitrogen and oxygen atoms in total. The predicted molar refractivity (Wildman–Crippen MR) is 83.3 cm³/mol. The lowest BCUT2D eigenvalue weighted by atomic mass is 10.1. The fourth-order valence-electron chi connectivity index (χ4n) is 2.11. The molecule has 116 valence electrons. The molecule has 0 radical (unpaired) electrons. The number of thiol groups is 1. The van der Waals surface area contributed by atoms with Crippen molar-refractivity contribution in [3.63, 3.8) is 0 Å². The van der Waals surface area contributed by atoms with Crippen molar-refractivity contribution >= 4 is 35.6 Å². The third-order valence-electron chi connectivity index (χ3n) is 3.06. The molecule has 1 aliphatic rings. The highest BCUT2D eigenvalue weighted by Gasteiger charge is 2.40. The van der Waals surface area contributed by atoms with E-state index in [9.17, 15) is 14.4 Å². The van der Waals surface area contributed by atoms with Crippen LogP contribution >= 0.6 is 12.6 Å². The number of nitrogens with two attached hydrogens (primary N) is 2. The van der Waals surface area contributed by atoms with Crippen LogP contribution in [-0.4, -0.2) is 46.1 Å². The Labute approximate surface area is 132 Å². The number of guanidine groups is 1. The summed E-state index contributed by atoms with van der Waals surface area (Å²) in [6, 6.07) is 6.38. The second kappa shape index (κ2) is 6.48. The van der Waals surface area contributed by atoms with Gasteiger partial charge in [-0.3, -0.25) is 19.4 Å². The van der Waals surface area contributed by atoms with Gasteiger partial charge >= 0.3 is 0 Å². The molecule has 3 amide bonds. The van der Waals surface area contributed by atoms with Gasteiger partial charge in [0.25, 0.3) is 17.1 Å². The predicted octanol–water partition coefficient (Wildman–Crippen LogP) is 0.213. The average molecular weight is 321 g/mol. The van der Waals surface area contributed by atoms with Gasteiger partial charge in [0.15, 0.2) is 5.96 Å². The molecule has 22 heavy (non-hydrogen) atoms. The molecule has 0 unspecified atom stereocenters. The van der Waals surface area contributed by atoms with E-state index in [1.807, 2.05) is 0 Å². The number of carbonyl (C=O) groups is 3. The van der Waals surface area contributed by atoms with E-state index in [4.69, 9.17) is 11.5 Å². The van der Waals surface area contributed by atoms with Crippen molar-refractivity contribution in [3.8, 4) is 0 Å². The molecule has 9 heteroatoms. The highest BCUT2D eigenvalue weighted by molar-refractivity contribution is 7.96. The Bertz CT molecular complexity index is 622. The molecular weight excluding hydrogens is 306 g/mol. The number of rotatable bonds is 5. The number of hydrazine groups is 1. The number of aliphatic imine (C=N–C) groups is 1. The van der Waals surface area contributed by atoms with Gasteiger partial charge < -0.3 is 11.5 Å². The fourth-order valence-corrected chi connectivity index (χ4v) is 2.30. The molecule has 1 aliphatic heterocycles. The number of fused-ring (bicyclic) bond motifs is 1. The van der Waals surface area contributed by atoms with E-state index in [1.54, 1.807) is 12.1 Å². The number of hydrogen-bond acceptors (Lipinski definition) is 4. The van der Waals surface area contributed by atoms with Gasteiger partial charge in [0, 0.05) is 13.1 Å². The van der Waals surface area contributed by atoms with Crippen LogP contribution in [0, 0.1) is 0 Å². The van der Waals surface area contributed by atoms with Crippen LogP contribution in [0.3, 0.4) is 0 Å². The Morgan fingerprint density at radius 3 is 2.18 bits per heavy atom. The highest BCUT2D eigenvalue weighted by atomic mass is 32.1. The topological polar surface area (TPSA) is 122 Å². The number of nitrogens with zero attached hydrogens (tertiary/aromatic N) is 3. The van der Waals surface area contributed by atoms with E-state index in [2.05, 4.69) is 17.6 Å². The first-order valence-corrected chi connectivity index (χ1v) is 6.91. The maximum Gasteiger partial charge on any atom is 0.297 e. The zero-order chi connectivity index (χ0) is 16.3. The second-order valence-corrected chi connectivity index (χ2v) is 4.92. The van der Waals surface area contributed by atoms with E-state index in [-0.39, 0.29) is 30.2 Å². The SMILES string of the molecule is NC(N)=NCCCN(C(=O)S)N1C(=O)c2ccccc2C1=O. The Morgan fingerprint density at radius 1 is 1.18 bits per heavy atom. The molecule has 1 aromatic carbocycles. The maximum atomic E-state index is 12.3. The van der Waals surface area contributed by atoms with Crippen molar-refractivity contribution in [3.05, 3.63) is 35.4 Å². The third-order valence-corrected chi connectivity index (χ3v) is 3.29. The highest BCUT2D eigenvalue weighted by Crippen LogP contribution is 2.24. The smallest absolute Gasteiger partial charge is 0.297 e. The van der Waals surface area contributed by atoms with E-state index in [0.29, 0.717) is 6.42 Å². The summed E-state index contributed by atoms with van der Waals surface area (Å²) in [6.45, 7) is 0.355. The number of carbonyl (C=O) groups excluding carboxylic acids is 3. The molecule has 0 aliphatic carbocycles. The van der Waals surface area contributed by atoms with Crippen molar-refractivity contribution in [1.82, 2.24) is 10.0 Å². The van der Waals surface area contributed by atoms with Crippen molar-refractivity contribution in [2.24, 2.45) is 16.5 Å². The van der Waals surface area contributed by atoms with Gasteiger partial charge in [-0.15, -0.1) is 0 Å². The molecule has 0 bridgehead atoms. The summed E-state index contributed by atoms with van der Waals surface area (Å²) in [6.07, 6.45) is 0.373. The van der Waals surface area contributed by atoms with Crippen LogP contribution in [0.5, 0.6) is 0 Å². The first kappa shape index (κ1) is 15.8. The minimum absolute atomic E-state index is 0.0653. The Hall–Kier alpha value is -2.55. The van der Waals surface area contributed by atoms with Gasteiger partial charge in [0.1, 0.15) is 0 Å². The molecule has 0 fully saturated rings. The van der Waals surface area contributed by atoms with Crippen LogP contribution in [0.1, 0.15) is 27.1 Å². The lowest BCUT2D eigenvalue weighted by Gasteiger charge is -2.28. The first-order chi connectivity index (χ1) is 10.4. The average Bonchev–Trinajstić information content (AvgIpc) is 2.72. The summed E-state index contributed by atoms with van der Waals surface area (Å²) in [5.41, 5.74) is 10.9. The molecule has 0 atom stereocenters. The van der Waals surface area contributed by atoms with Gasteiger partial charge in [0.05, 0.1) is 11.1 Å². The summed E-state index contributed by atoms with van der Waals surface area (Å²) < 4.78 is 0. The van der Waals surface area contributed by atoms with Crippen LogP contribution < -0.4 is 11.5 Å². The largest absolute Gasteiger partial charge is 0.370 e. The van der Waals surface area contributed by atoms with Gasteiger partial charge in [-0.05, 0) is 18.6 Å². The van der Waals surface area contributed by atoms with Crippen LogP contribution in [0.2, 0.25) is 0 Å². The summed E-state index contributed by atoms with van der Waals surface area (Å²) in [5, 5.41) is 1.07. The van der Waals surface area contributed by atoms with Gasteiger partial charge in [-0.25, -0.2) is 5.01 Å². The van der Waals surface area contributed by atoms with Gasteiger partial charge in [0.2, 0.25) is 0 Å². The zero-order valence-electron chi connectivity index (χ0n) is 11.6. The molecule has 0 spiro atoms. The maximum absolute atomic E-state index is 12.3. The number of hydrogen-bond donors (Lipinski definition) is 3. The third kappa shape index (κ3) is 3.03. The van der Waals surface area contributed by atoms with Crippen LogP contribution in [0.25, 0.3) is 0 Å². The van der Waals surface area contributed by atoms with Crippen LogP contribution in [0.15, 0.2) is 29.3 Å². The number of imide groups is 1. The van der Waals surface area contributed by atoms with Crippen molar-refractivity contribution in [1.29, 1.82) is 0 Å². The summed E-state index contributed by atoms with van der Waals surface area (Å²) >= 11 is 3.73. The first-order valence-electron chi connectivity index (χ1n) is 6.47. The minimum Gasteiger partial charge on any atom is -0.370 e. The molecule has 0 saturated carbocycles. The Morgan fingerprint density at radius 2 is 1.73 bits per heavy atom. The monoisotopic (exact) mass is 321 g/mol. The quantitative estimate of drug-likeness (QED) is 0.235. The molecule has 0 saturated heterocycles. The van der Waals surface area contributed by atoms with Crippen LogP contribution in [-0.2, 0) is 0 Å². The Kier molecular flexibility index (Phi) is 4.66.